The van der Waals surface area contributed by atoms with Crippen molar-refractivity contribution in [3.63, 3.8) is 0 Å². The van der Waals surface area contributed by atoms with E-state index in [0.29, 0.717) is 5.56 Å². The first-order valence-corrected chi connectivity index (χ1v) is 6.96. The Morgan fingerprint density at radius 1 is 1.13 bits per heavy atom. The van der Waals surface area contributed by atoms with Crippen LogP contribution in [-0.4, -0.2) is 15.7 Å². The second-order valence-corrected chi connectivity index (χ2v) is 5.13. The molecule has 0 aliphatic rings. The number of carbonyl (C=O) groups excluding carboxylic acids is 1. The first-order chi connectivity index (χ1) is 11.0. The SMILES string of the molecule is NC(=O)c1nn(-c2cc(F)ccc2F)c(-c2ccccc2)c1Cl. The third kappa shape index (κ3) is 2.68. The van der Waals surface area contributed by atoms with Crippen LogP contribution in [0.4, 0.5) is 8.78 Å². The van der Waals surface area contributed by atoms with E-state index in [1.807, 2.05) is 0 Å². The molecule has 4 nitrogen and oxygen atoms in total. The Balaban J connectivity index is 2.34. The normalized spacial score (nSPS) is 10.7. The molecule has 0 aliphatic carbocycles. The van der Waals surface area contributed by atoms with Gasteiger partial charge in [0.15, 0.2) is 5.69 Å². The van der Waals surface area contributed by atoms with E-state index in [-0.39, 0.29) is 22.1 Å². The number of benzene rings is 2. The van der Waals surface area contributed by atoms with E-state index in [0.717, 1.165) is 22.9 Å². The van der Waals surface area contributed by atoms with Crippen LogP contribution >= 0.6 is 11.6 Å². The minimum Gasteiger partial charge on any atom is -0.364 e. The van der Waals surface area contributed by atoms with Gasteiger partial charge in [-0.15, -0.1) is 0 Å². The van der Waals surface area contributed by atoms with Crippen LogP contribution in [-0.2, 0) is 0 Å². The first kappa shape index (κ1) is 15.2. The van der Waals surface area contributed by atoms with Crippen LogP contribution in [0, 0.1) is 11.6 Å². The highest BCUT2D eigenvalue weighted by molar-refractivity contribution is 6.36. The number of hydrogen-bond acceptors (Lipinski definition) is 2. The number of aromatic nitrogens is 2. The van der Waals surface area contributed by atoms with Crippen molar-refractivity contribution in [2.24, 2.45) is 5.73 Å². The summed E-state index contributed by atoms with van der Waals surface area (Å²) >= 11 is 6.20. The fourth-order valence-corrected chi connectivity index (χ4v) is 2.54. The minimum absolute atomic E-state index is 0.0210. The molecule has 23 heavy (non-hydrogen) atoms. The molecule has 0 saturated carbocycles. The fraction of sp³-hybridized carbons (Fsp3) is 0. The third-order valence-corrected chi connectivity index (χ3v) is 3.60. The minimum atomic E-state index is -0.859. The molecule has 0 saturated heterocycles. The van der Waals surface area contributed by atoms with Crippen molar-refractivity contribution >= 4 is 17.5 Å². The van der Waals surface area contributed by atoms with Crippen LogP contribution < -0.4 is 5.73 Å². The molecule has 0 radical (unpaired) electrons. The summed E-state index contributed by atoms with van der Waals surface area (Å²) < 4.78 is 28.7. The third-order valence-electron chi connectivity index (χ3n) is 3.24. The largest absolute Gasteiger partial charge is 0.364 e. The number of primary amides is 1. The van der Waals surface area contributed by atoms with E-state index in [9.17, 15) is 13.6 Å². The Morgan fingerprint density at radius 2 is 1.83 bits per heavy atom. The van der Waals surface area contributed by atoms with E-state index in [1.165, 1.54) is 0 Å². The average Bonchev–Trinajstić information content (AvgIpc) is 2.88. The van der Waals surface area contributed by atoms with Crippen molar-refractivity contribution in [2.75, 3.05) is 0 Å². The summed E-state index contributed by atoms with van der Waals surface area (Å²) in [5, 5.41) is 3.94. The van der Waals surface area contributed by atoms with Crippen molar-refractivity contribution in [3.8, 4) is 16.9 Å². The molecule has 2 N–H and O–H groups in total. The van der Waals surface area contributed by atoms with Gasteiger partial charge in [-0.25, -0.2) is 13.5 Å². The lowest BCUT2D eigenvalue weighted by Crippen LogP contribution is -2.13. The summed E-state index contributed by atoms with van der Waals surface area (Å²) in [5.74, 6) is -2.21. The Morgan fingerprint density at radius 3 is 2.48 bits per heavy atom. The fourth-order valence-electron chi connectivity index (χ4n) is 2.22. The van der Waals surface area contributed by atoms with Crippen molar-refractivity contribution in [2.45, 2.75) is 0 Å². The average molecular weight is 334 g/mol. The summed E-state index contributed by atoms with van der Waals surface area (Å²) in [7, 11) is 0. The van der Waals surface area contributed by atoms with Crippen LogP contribution in [0.2, 0.25) is 5.02 Å². The Kier molecular flexibility index (Phi) is 3.83. The van der Waals surface area contributed by atoms with Crippen LogP contribution in [0.1, 0.15) is 10.5 Å². The lowest BCUT2D eigenvalue weighted by Gasteiger charge is -2.09. The molecule has 1 aromatic heterocycles. The van der Waals surface area contributed by atoms with Gasteiger partial charge in [0.1, 0.15) is 22.3 Å². The van der Waals surface area contributed by atoms with Gasteiger partial charge in [0.05, 0.1) is 5.69 Å². The zero-order chi connectivity index (χ0) is 16.6. The maximum Gasteiger partial charge on any atom is 0.270 e. The number of carbonyl (C=O) groups is 1. The highest BCUT2D eigenvalue weighted by Crippen LogP contribution is 2.33. The number of nitrogens with zero attached hydrogens (tertiary/aromatic N) is 2. The van der Waals surface area contributed by atoms with E-state index in [2.05, 4.69) is 5.10 Å². The van der Waals surface area contributed by atoms with Gasteiger partial charge in [0.25, 0.3) is 5.91 Å². The number of halogens is 3. The van der Waals surface area contributed by atoms with Crippen LogP contribution in [0.25, 0.3) is 16.9 Å². The van der Waals surface area contributed by atoms with Gasteiger partial charge in [-0.05, 0) is 12.1 Å². The molecule has 116 valence electrons. The predicted octanol–water partition coefficient (Wildman–Crippen LogP) is 3.57. The van der Waals surface area contributed by atoms with E-state index >= 15 is 0 Å². The monoisotopic (exact) mass is 333 g/mol. The lowest BCUT2D eigenvalue weighted by atomic mass is 10.1. The van der Waals surface area contributed by atoms with Crippen molar-refractivity contribution in [1.82, 2.24) is 9.78 Å². The highest BCUT2D eigenvalue weighted by atomic mass is 35.5. The number of rotatable bonds is 3. The van der Waals surface area contributed by atoms with E-state index in [4.69, 9.17) is 17.3 Å². The van der Waals surface area contributed by atoms with Crippen molar-refractivity contribution < 1.29 is 13.6 Å². The number of amides is 1. The van der Waals surface area contributed by atoms with Gasteiger partial charge in [0.2, 0.25) is 0 Å². The lowest BCUT2D eigenvalue weighted by molar-refractivity contribution is 0.0995. The number of hydrogen-bond donors (Lipinski definition) is 1. The molecular formula is C16H10ClF2N3O. The zero-order valence-corrected chi connectivity index (χ0v) is 12.4. The molecule has 0 spiro atoms. The van der Waals surface area contributed by atoms with Crippen molar-refractivity contribution in [3.05, 3.63) is 70.9 Å². The van der Waals surface area contributed by atoms with Gasteiger partial charge < -0.3 is 5.73 Å². The standard InChI is InChI=1S/C16H10ClF2N3O/c17-13-14(16(20)23)21-22(12-8-10(18)6-7-11(12)19)15(13)9-4-2-1-3-5-9/h1-8H,(H2,20,23). The molecule has 1 amide bonds. The molecule has 3 aromatic rings. The van der Waals surface area contributed by atoms with E-state index in [1.54, 1.807) is 30.3 Å². The summed E-state index contributed by atoms with van der Waals surface area (Å²) in [6, 6.07) is 11.6. The molecule has 0 fully saturated rings. The topological polar surface area (TPSA) is 60.9 Å². The molecular weight excluding hydrogens is 324 g/mol. The molecule has 0 unspecified atom stereocenters. The maximum atomic E-state index is 14.1. The molecule has 0 bridgehead atoms. The van der Waals surface area contributed by atoms with Gasteiger partial charge in [-0.1, -0.05) is 41.9 Å². The van der Waals surface area contributed by atoms with Gasteiger partial charge in [0, 0.05) is 11.6 Å². The zero-order valence-electron chi connectivity index (χ0n) is 11.6. The quantitative estimate of drug-likeness (QED) is 0.796. The molecule has 0 aliphatic heterocycles. The van der Waals surface area contributed by atoms with Gasteiger partial charge in [-0.2, -0.15) is 5.10 Å². The summed E-state index contributed by atoms with van der Waals surface area (Å²) in [5.41, 5.74) is 5.71. The second-order valence-electron chi connectivity index (χ2n) is 4.75. The predicted molar refractivity (Wildman–Crippen MR) is 82.4 cm³/mol. The van der Waals surface area contributed by atoms with Crippen LogP contribution in [0.5, 0.6) is 0 Å². The van der Waals surface area contributed by atoms with Crippen molar-refractivity contribution in [1.29, 1.82) is 0 Å². The number of nitrogens with two attached hydrogens (primary N) is 1. The molecule has 0 atom stereocenters. The van der Waals surface area contributed by atoms with Crippen LogP contribution in [0.3, 0.4) is 0 Å². The van der Waals surface area contributed by atoms with Gasteiger partial charge in [-0.3, -0.25) is 4.79 Å². The second kappa shape index (κ2) is 5.81. The molecule has 3 rings (SSSR count). The maximum absolute atomic E-state index is 14.1. The van der Waals surface area contributed by atoms with Gasteiger partial charge >= 0.3 is 0 Å². The Hall–Kier alpha value is -2.73. The Labute approximate surface area is 135 Å². The summed E-state index contributed by atoms with van der Waals surface area (Å²) in [6.07, 6.45) is 0. The smallest absolute Gasteiger partial charge is 0.270 e. The summed E-state index contributed by atoms with van der Waals surface area (Å²) in [4.78, 5) is 11.5. The van der Waals surface area contributed by atoms with E-state index < -0.39 is 17.5 Å². The first-order valence-electron chi connectivity index (χ1n) is 6.58. The molecule has 7 heteroatoms. The Bertz CT molecular complexity index is 894. The molecule has 1 heterocycles. The van der Waals surface area contributed by atoms with Crippen LogP contribution in [0.15, 0.2) is 48.5 Å². The summed E-state index contributed by atoms with van der Waals surface area (Å²) in [6.45, 7) is 0. The highest BCUT2D eigenvalue weighted by Gasteiger charge is 2.23. The molecule has 2 aromatic carbocycles.